The molecule has 8 nitrogen and oxygen atoms in total. The summed E-state index contributed by atoms with van der Waals surface area (Å²) in [5.41, 5.74) is -1.75. The van der Waals surface area contributed by atoms with E-state index >= 15 is 0 Å². The Morgan fingerprint density at radius 3 is 2.22 bits per heavy atom. The van der Waals surface area contributed by atoms with Crippen LogP contribution in [0, 0.1) is 45.6 Å². The van der Waals surface area contributed by atoms with E-state index in [0.717, 1.165) is 40.5 Å². The monoisotopic (exact) mass is 511 g/mol. The summed E-state index contributed by atoms with van der Waals surface area (Å²) in [5.74, 6) is -2.23. The van der Waals surface area contributed by atoms with Gasteiger partial charge in [0, 0.05) is 23.4 Å². The highest BCUT2D eigenvalue weighted by Gasteiger charge is 2.67. The Balaban J connectivity index is 1.37. The van der Waals surface area contributed by atoms with Gasteiger partial charge in [-0.3, -0.25) is 34.3 Å². The number of alkyl halides is 3. The number of halogens is 3. The molecule has 1 aliphatic heterocycles. The average molecular weight is 511 g/mol. The number of hydrogen-bond donors (Lipinski definition) is 0. The number of likely N-dealkylation sites (tertiary alicyclic amines) is 1. The van der Waals surface area contributed by atoms with Crippen molar-refractivity contribution in [3.05, 3.63) is 81.9 Å². The highest BCUT2D eigenvalue weighted by atomic mass is 19.4. The van der Waals surface area contributed by atoms with Crippen LogP contribution in [0.5, 0.6) is 0 Å². The van der Waals surface area contributed by atoms with E-state index in [9.17, 15) is 37.7 Å². The fraction of sp³-hybridized carbons (Fsp3) is 0.346. The second kappa shape index (κ2) is 7.99. The average Bonchev–Trinajstić information content (AvgIpc) is 3.66. The van der Waals surface area contributed by atoms with Crippen LogP contribution >= 0.6 is 0 Å². The summed E-state index contributed by atoms with van der Waals surface area (Å²) in [6.45, 7) is -0.595. The normalized spacial score (nSPS) is 29.2. The molecule has 1 heterocycles. The highest BCUT2D eigenvalue weighted by Crippen LogP contribution is 2.65. The van der Waals surface area contributed by atoms with Gasteiger partial charge in [0.15, 0.2) is 0 Å². The number of non-ortho nitro benzene ring substituents is 1. The number of amides is 3. The second-order valence-corrected chi connectivity index (χ2v) is 9.99. The van der Waals surface area contributed by atoms with Crippen LogP contribution in [0.1, 0.15) is 22.3 Å². The molecule has 6 atom stereocenters. The van der Waals surface area contributed by atoms with Crippen molar-refractivity contribution < 1.29 is 32.5 Å². The molecule has 2 saturated carbocycles. The minimum atomic E-state index is -4.70. The Labute approximate surface area is 208 Å². The fourth-order valence-electron chi connectivity index (χ4n) is 6.32. The number of rotatable bonds is 5. The van der Waals surface area contributed by atoms with E-state index in [2.05, 4.69) is 0 Å². The molecule has 1 saturated heterocycles. The van der Waals surface area contributed by atoms with Gasteiger partial charge in [-0.05, 0) is 54.4 Å². The molecule has 0 N–H and O–H groups in total. The maximum atomic E-state index is 13.6. The Morgan fingerprint density at radius 1 is 1.00 bits per heavy atom. The summed E-state index contributed by atoms with van der Waals surface area (Å²) in [6.07, 6.45) is 0.259. The Morgan fingerprint density at radius 2 is 1.62 bits per heavy atom. The van der Waals surface area contributed by atoms with Crippen LogP contribution in [0.4, 0.5) is 24.5 Å². The van der Waals surface area contributed by atoms with Crippen LogP contribution < -0.4 is 4.90 Å². The first-order valence-electron chi connectivity index (χ1n) is 11.8. The smallest absolute Gasteiger partial charge is 0.290 e. The zero-order chi connectivity index (χ0) is 26.2. The van der Waals surface area contributed by atoms with E-state index in [1.54, 1.807) is 0 Å². The molecule has 0 aromatic heterocycles. The van der Waals surface area contributed by atoms with E-state index in [0.29, 0.717) is 11.8 Å². The van der Waals surface area contributed by atoms with Crippen LogP contribution in [-0.2, 0) is 15.8 Å². The third kappa shape index (κ3) is 3.63. The maximum Gasteiger partial charge on any atom is 0.416 e. The van der Waals surface area contributed by atoms with E-state index in [4.69, 9.17) is 0 Å². The molecule has 0 radical (unpaired) electrons. The van der Waals surface area contributed by atoms with Crippen molar-refractivity contribution in [2.75, 3.05) is 11.6 Å². The summed E-state index contributed by atoms with van der Waals surface area (Å²) >= 11 is 0. The van der Waals surface area contributed by atoms with Gasteiger partial charge >= 0.3 is 6.18 Å². The molecule has 2 aromatic rings. The minimum absolute atomic E-state index is 0.0593. The molecule has 37 heavy (non-hydrogen) atoms. The predicted octanol–water partition coefficient (Wildman–Crippen LogP) is 4.27. The number of carbonyl (C=O) groups is 3. The molecule has 7 rings (SSSR count). The molecular formula is C26H20F3N3O5. The first kappa shape index (κ1) is 23.4. The molecule has 3 amide bonds. The van der Waals surface area contributed by atoms with Crippen molar-refractivity contribution in [3.8, 4) is 0 Å². The van der Waals surface area contributed by atoms with Gasteiger partial charge in [-0.1, -0.05) is 24.3 Å². The molecule has 4 aliphatic carbocycles. The fourth-order valence-corrected chi connectivity index (χ4v) is 6.32. The van der Waals surface area contributed by atoms with Crippen molar-refractivity contribution in [2.24, 2.45) is 35.5 Å². The van der Waals surface area contributed by atoms with Gasteiger partial charge in [-0.2, -0.15) is 13.2 Å². The number of carbonyl (C=O) groups excluding carboxylic acids is 3. The zero-order valence-corrected chi connectivity index (χ0v) is 19.2. The lowest BCUT2D eigenvalue weighted by molar-refractivity contribution is -0.384. The van der Waals surface area contributed by atoms with Crippen molar-refractivity contribution in [2.45, 2.75) is 12.6 Å². The first-order valence-corrected chi connectivity index (χ1v) is 11.8. The summed E-state index contributed by atoms with van der Waals surface area (Å²) in [7, 11) is 0. The minimum Gasteiger partial charge on any atom is -0.290 e. The van der Waals surface area contributed by atoms with Crippen molar-refractivity contribution >= 4 is 29.1 Å². The van der Waals surface area contributed by atoms with Crippen molar-refractivity contribution in [1.29, 1.82) is 0 Å². The summed E-state index contributed by atoms with van der Waals surface area (Å²) in [5, 5.41) is 11.2. The molecule has 190 valence electrons. The number of nitrogens with zero attached hydrogens (tertiary/aromatic N) is 3. The van der Waals surface area contributed by atoms with Gasteiger partial charge in [0.25, 0.3) is 11.6 Å². The van der Waals surface area contributed by atoms with E-state index in [1.807, 2.05) is 12.2 Å². The topological polar surface area (TPSA) is 101 Å². The second-order valence-electron chi connectivity index (χ2n) is 9.99. The third-order valence-electron chi connectivity index (χ3n) is 8.07. The maximum absolute atomic E-state index is 13.6. The number of allylic oxidation sites excluding steroid dienone is 2. The van der Waals surface area contributed by atoms with Crippen molar-refractivity contribution in [1.82, 2.24) is 4.90 Å². The summed E-state index contributed by atoms with van der Waals surface area (Å²) in [4.78, 5) is 52.9. The molecule has 0 spiro atoms. The van der Waals surface area contributed by atoms with Crippen LogP contribution in [0.3, 0.4) is 0 Å². The van der Waals surface area contributed by atoms with Gasteiger partial charge in [0.1, 0.15) is 6.67 Å². The molecular weight excluding hydrogens is 491 g/mol. The molecule has 3 fully saturated rings. The number of nitro benzene ring substituents is 1. The Kier molecular flexibility index (Phi) is 5.05. The SMILES string of the molecule is O=C1C2C3C=CC(C4CC34)C2C(=O)N1CN(C(=O)c1cccc([N+](=O)[O-])c1)c1cccc(C(F)(F)F)c1. The standard InChI is InChI=1S/C26H20F3N3O5/c27-26(28,29)14-4-2-5-15(10-14)30(23(33)13-3-1-6-16(9-13)32(36)37)12-31-24(34)21-17-7-8-18(20-11-19(17)20)22(21)25(31)35/h1-10,17-22H,11-12H2. The van der Waals surface area contributed by atoms with E-state index in [1.165, 1.54) is 24.3 Å². The van der Waals surface area contributed by atoms with Crippen LogP contribution in [-0.4, -0.2) is 34.2 Å². The first-order chi connectivity index (χ1) is 17.6. The molecule has 5 aliphatic rings. The Bertz CT molecular complexity index is 1350. The predicted molar refractivity (Wildman–Crippen MR) is 123 cm³/mol. The number of hydrogen-bond acceptors (Lipinski definition) is 5. The van der Waals surface area contributed by atoms with Crippen LogP contribution in [0.25, 0.3) is 0 Å². The van der Waals surface area contributed by atoms with Gasteiger partial charge in [0.05, 0.1) is 22.3 Å². The zero-order valence-electron chi connectivity index (χ0n) is 19.2. The molecule has 11 heteroatoms. The number of anilines is 1. The van der Waals surface area contributed by atoms with Crippen LogP contribution in [0.15, 0.2) is 60.7 Å². The van der Waals surface area contributed by atoms with Gasteiger partial charge in [0.2, 0.25) is 11.8 Å². The number of imide groups is 1. The summed E-state index contributed by atoms with van der Waals surface area (Å²) < 4.78 is 40.4. The lowest BCUT2D eigenvalue weighted by atomic mass is 9.63. The lowest BCUT2D eigenvalue weighted by Crippen LogP contribution is -2.45. The number of nitro groups is 1. The van der Waals surface area contributed by atoms with E-state index < -0.39 is 52.9 Å². The molecule has 6 unspecified atom stereocenters. The lowest BCUT2D eigenvalue weighted by Gasteiger charge is -2.37. The Hall–Kier alpha value is -4.02. The largest absolute Gasteiger partial charge is 0.416 e. The van der Waals surface area contributed by atoms with Crippen molar-refractivity contribution in [3.63, 3.8) is 0 Å². The number of benzene rings is 2. The van der Waals surface area contributed by atoms with Gasteiger partial charge in [-0.15, -0.1) is 0 Å². The quantitative estimate of drug-likeness (QED) is 0.258. The third-order valence-corrected chi connectivity index (χ3v) is 8.07. The van der Waals surface area contributed by atoms with Gasteiger partial charge < -0.3 is 0 Å². The van der Waals surface area contributed by atoms with Crippen LogP contribution in [0.2, 0.25) is 0 Å². The van der Waals surface area contributed by atoms with Gasteiger partial charge in [-0.25, -0.2) is 0 Å². The molecule has 2 bridgehead atoms. The highest BCUT2D eigenvalue weighted by molar-refractivity contribution is 6.10. The van der Waals surface area contributed by atoms with E-state index in [-0.39, 0.29) is 28.8 Å². The summed E-state index contributed by atoms with van der Waals surface area (Å²) in [6, 6.07) is 8.75. The molecule has 2 aromatic carbocycles.